The smallest absolute Gasteiger partial charge is 0.279 e. The normalized spacial score (nSPS) is 20.0. The van der Waals surface area contributed by atoms with Gasteiger partial charge in [0.1, 0.15) is 0 Å². The summed E-state index contributed by atoms with van der Waals surface area (Å²) in [6, 6.07) is 8.20. The monoisotopic (exact) mass is 325 g/mol. The Morgan fingerprint density at radius 3 is 2.55 bits per heavy atom. The van der Waals surface area contributed by atoms with Gasteiger partial charge in [-0.1, -0.05) is 19.1 Å². The highest BCUT2D eigenvalue weighted by Gasteiger charge is 2.26. The maximum Gasteiger partial charge on any atom is 0.279 e. The van der Waals surface area contributed by atoms with Crippen LogP contribution in [0.1, 0.15) is 25.3 Å². The second kappa shape index (κ2) is 7.44. The molecule has 2 rings (SSSR count). The lowest BCUT2D eigenvalue weighted by atomic mass is 10.0. The first kappa shape index (κ1) is 17.2. The van der Waals surface area contributed by atoms with E-state index in [9.17, 15) is 8.42 Å². The van der Waals surface area contributed by atoms with Gasteiger partial charge in [0.05, 0.1) is 0 Å². The summed E-state index contributed by atoms with van der Waals surface area (Å²) < 4.78 is 28.8. The molecule has 0 amide bonds. The van der Waals surface area contributed by atoms with Crippen LogP contribution in [0.2, 0.25) is 0 Å². The fourth-order valence-corrected chi connectivity index (χ4v) is 4.10. The number of piperidine rings is 1. The third-order valence-corrected chi connectivity index (χ3v) is 5.69. The minimum Gasteiger partial charge on any atom is -0.378 e. The summed E-state index contributed by atoms with van der Waals surface area (Å²) in [4.78, 5) is 2.05. The second-order valence-electron chi connectivity index (χ2n) is 6.32. The molecular weight excluding hydrogens is 298 g/mol. The summed E-state index contributed by atoms with van der Waals surface area (Å²) in [7, 11) is 0.673. The van der Waals surface area contributed by atoms with Gasteiger partial charge in [-0.25, -0.2) is 4.72 Å². The Morgan fingerprint density at radius 2 is 1.95 bits per heavy atom. The molecule has 1 aliphatic rings. The van der Waals surface area contributed by atoms with Gasteiger partial charge in [-0.05, 0) is 42.9 Å². The average Bonchev–Trinajstić information content (AvgIpc) is 2.47. The van der Waals surface area contributed by atoms with Gasteiger partial charge in [-0.2, -0.15) is 12.7 Å². The first-order chi connectivity index (χ1) is 10.4. The lowest BCUT2D eigenvalue weighted by Gasteiger charge is -2.30. The van der Waals surface area contributed by atoms with E-state index >= 15 is 0 Å². The van der Waals surface area contributed by atoms with Gasteiger partial charge in [-0.15, -0.1) is 0 Å². The van der Waals surface area contributed by atoms with Crippen LogP contribution in [0.4, 0.5) is 5.69 Å². The highest BCUT2D eigenvalue weighted by molar-refractivity contribution is 7.87. The number of anilines is 1. The predicted molar refractivity (Wildman–Crippen MR) is 91.4 cm³/mol. The summed E-state index contributed by atoms with van der Waals surface area (Å²) in [6.45, 7) is 3.81. The number of benzene rings is 1. The van der Waals surface area contributed by atoms with Crippen LogP contribution in [0.3, 0.4) is 0 Å². The van der Waals surface area contributed by atoms with Crippen molar-refractivity contribution >= 4 is 15.9 Å². The van der Waals surface area contributed by atoms with Crippen LogP contribution in [0, 0.1) is 5.92 Å². The van der Waals surface area contributed by atoms with Crippen LogP contribution in [0.5, 0.6) is 0 Å². The van der Waals surface area contributed by atoms with E-state index in [-0.39, 0.29) is 0 Å². The molecule has 1 heterocycles. The van der Waals surface area contributed by atoms with Gasteiger partial charge in [-0.3, -0.25) is 0 Å². The number of hydrogen-bond donors (Lipinski definition) is 1. The maximum atomic E-state index is 12.3. The fourth-order valence-electron chi connectivity index (χ4n) is 2.74. The molecule has 1 aliphatic heterocycles. The molecule has 22 heavy (non-hydrogen) atoms. The molecule has 1 saturated heterocycles. The van der Waals surface area contributed by atoms with Crippen LogP contribution >= 0.6 is 0 Å². The second-order valence-corrected chi connectivity index (χ2v) is 8.07. The summed E-state index contributed by atoms with van der Waals surface area (Å²) in [6.07, 6.45) is 2.77. The molecule has 0 spiro atoms. The van der Waals surface area contributed by atoms with E-state index in [0.29, 0.717) is 32.0 Å². The Bertz CT molecular complexity index is 570. The number of hydrogen-bond acceptors (Lipinski definition) is 3. The molecule has 5 nitrogen and oxygen atoms in total. The van der Waals surface area contributed by atoms with Crippen molar-refractivity contribution in [3.05, 3.63) is 29.8 Å². The van der Waals surface area contributed by atoms with Gasteiger partial charge < -0.3 is 4.90 Å². The molecule has 1 N–H and O–H groups in total. The van der Waals surface area contributed by atoms with Crippen molar-refractivity contribution in [2.24, 2.45) is 5.92 Å². The third kappa shape index (κ3) is 4.69. The van der Waals surface area contributed by atoms with Crippen molar-refractivity contribution in [3.63, 3.8) is 0 Å². The molecular formula is C16H27N3O2S. The van der Waals surface area contributed by atoms with Gasteiger partial charge in [0.15, 0.2) is 0 Å². The zero-order valence-corrected chi connectivity index (χ0v) is 14.6. The minimum absolute atomic E-state index is 0.439. The average molecular weight is 325 g/mol. The Kier molecular flexibility index (Phi) is 5.83. The first-order valence-electron chi connectivity index (χ1n) is 7.89. The first-order valence-corrected chi connectivity index (χ1v) is 9.33. The largest absolute Gasteiger partial charge is 0.378 e. The Balaban J connectivity index is 1.84. The summed E-state index contributed by atoms with van der Waals surface area (Å²) >= 11 is 0. The van der Waals surface area contributed by atoms with Crippen LogP contribution in [0.25, 0.3) is 0 Å². The third-order valence-electron chi connectivity index (χ3n) is 4.11. The van der Waals surface area contributed by atoms with E-state index in [2.05, 4.69) is 23.8 Å². The predicted octanol–water partition coefficient (Wildman–Crippen LogP) is 1.86. The van der Waals surface area contributed by atoms with Crippen molar-refractivity contribution in [1.29, 1.82) is 0 Å². The van der Waals surface area contributed by atoms with E-state index in [4.69, 9.17) is 0 Å². The summed E-state index contributed by atoms with van der Waals surface area (Å²) in [5.74, 6) is 0.448. The Labute approximate surface area is 134 Å². The number of nitrogens with one attached hydrogen (secondary N) is 1. The van der Waals surface area contributed by atoms with Crippen LogP contribution in [0.15, 0.2) is 24.3 Å². The van der Waals surface area contributed by atoms with Crippen molar-refractivity contribution < 1.29 is 8.42 Å². The Morgan fingerprint density at radius 1 is 1.27 bits per heavy atom. The van der Waals surface area contributed by atoms with Gasteiger partial charge in [0.25, 0.3) is 10.2 Å². The van der Waals surface area contributed by atoms with Crippen LogP contribution in [-0.4, -0.2) is 46.5 Å². The molecule has 1 unspecified atom stereocenters. The van der Waals surface area contributed by atoms with Crippen molar-refractivity contribution in [2.75, 3.05) is 38.6 Å². The molecule has 1 atom stereocenters. The van der Waals surface area contributed by atoms with E-state index < -0.39 is 10.2 Å². The minimum atomic E-state index is -3.33. The highest BCUT2D eigenvalue weighted by atomic mass is 32.2. The molecule has 6 heteroatoms. The standard InChI is InChI=1S/C16H27N3O2S/c1-14-5-4-12-19(13-14)22(20,21)17-11-10-15-6-8-16(9-7-15)18(2)3/h6-9,14,17H,4-5,10-13H2,1-3H3. The van der Waals surface area contributed by atoms with Crippen LogP contribution < -0.4 is 9.62 Å². The van der Waals surface area contributed by atoms with Gasteiger partial charge >= 0.3 is 0 Å². The molecule has 1 fully saturated rings. The lowest BCUT2D eigenvalue weighted by Crippen LogP contribution is -2.46. The fraction of sp³-hybridized carbons (Fsp3) is 0.625. The molecule has 124 valence electrons. The molecule has 0 radical (unpaired) electrons. The van der Waals surface area contributed by atoms with Crippen molar-refractivity contribution in [2.45, 2.75) is 26.2 Å². The number of nitrogens with zero attached hydrogens (tertiary/aromatic N) is 2. The van der Waals surface area contributed by atoms with Crippen LogP contribution in [-0.2, 0) is 16.6 Å². The van der Waals surface area contributed by atoms with Gasteiger partial charge in [0.2, 0.25) is 0 Å². The molecule has 0 saturated carbocycles. The SMILES string of the molecule is CC1CCCN(S(=O)(=O)NCCc2ccc(N(C)C)cc2)C1. The van der Waals surface area contributed by atoms with E-state index in [1.807, 2.05) is 31.1 Å². The van der Waals surface area contributed by atoms with E-state index in [1.165, 1.54) is 0 Å². The maximum absolute atomic E-state index is 12.3. The molecule has 1 aromatic rings. The van der Waals surface area contributed by atoms with E-state index in [1.54, 1.807) is 4.31 Å². The topological polar surface area (TPSA) is 52.7 Å². The highest BCUT2D eigenvalue weighted by Crippen LogP contribution is 2.17. The molecule has 0 aliphatic carbocycles. The lowest BCUT2D eigenvalue weighted by molar-refractivity contribution is 0.278. The number of rotatable bonds is 6. The molecule has 0 bridgehead atoms. The molecule has 0 aromatic heterocycles. The Hall–Kier alpha value is -1.11. The van der Waals surface area contributed by atoms with Gasteiger partial charge in [0, 0.05) is 39.4 Å². The quantitative estimate of drug-likeness (QED) is 0.868. The van der Waals surface area contributed by atoms with E-state index in [0.717, 1.165) is 24.1 Å². The van der Waals surface area contributed by atoms with Crippen molar-refractivity contribution in [3.8, 4) is 0 Å². The summed E-state index contributed by atoms with van der Waals surface area (Å²) in [5.41, 5.74) is 2.28. The molecule has 1 aromatic carbocycles. The zero-order valence-electron chi connectivity index (χ0n) is 13.7. The summed E-state index contributed by atoms with van der Waals surface area (Å²) in [5, 5.41) is 0. The van der Waals surface area contributed by atoms with Crippen molar-refractivity contribution in [1.82, 2.24) is 9.03 Å². The zero-order chi connectivity index (χ0) is 16.2.